The molecule has 1 atom stereocenters. The van der Waals surface area contributed by atoms with Crippen molar-refractivity contribution in [1.82, 2.24) is 15.6 Å². The third-order valence-electron chi connectivity index (χ3n) is 3.36. The Balaban J connectivity index is 1.81. The molecule has 0 aliphatic rings. The van der Waals surface area contributed by atoms with E-state index >= 15 is 0 Å². The predicted molar refractivity (Wildman–Crippen MR) is 88.5 cm³/mol. The number of methoxy groups -OCH3 is 1. The van der Waals surface area contributed by atoms with Crippen LogP contribution in [0.4, 0.5) is 9.18 Å². The summed E-state index contributed by atoms with van der Waals surface area (Å²) in [5.41, 5.74) is 1.65. The summed E-state index contributed by atoms with van der Waals surface area (Å²) in [5, 5.41) is 8.55. The zero-order valence-corrected chi connectivity index (χ0v) is 14.2. The van der Waals surface area contributed by atoms with Gasteiger partial charge < -0.3 is 15.4 Å². The zero-order chi connectivity index (χ0) is 16.8. The summed E-state index contributed by atoms with van der Waals surface area (Å²) in [6, 6.07) is 4.04. The molecule has 0 fully saturated rings. The number of halogens is 1. The molecule has 0 spiro atoms. The van der Waals surface area contributed by atoms with E-state index in [1.807, 2.05) is 12.3 Å². The van der Waals surface area contributed by atoms with Crippen LogP contribution in [0.3, 0.4) is 0 Å². The minimum absolute atomic E-state index is 0.184. The van der Waals surface area contributed by atoms with Crippen LogP contribution >= 0.6 is 11.3 Å². The molecule has 5 nitrogen and oxygen atoms in total. The monoisotopic (exact) mass is 337 g/mol. The van der Waals surface area contributed by atoms with Crippen molar-refractivity contribution in [1.29, 1.82) is 0 Å². The highest BCUT2D eigenvalue weighted by Crippen LogP contribution is 2.21. The zero-order valence-electron chi connectivity index (χ0n) is 13.4. The minimum atomic E-state index is -0.446. The standard InChI is InChI=1S/C16H20FN3O2S/c1-10(12-4-5-15(22-3)14(17)8-12)19-16(21)18-7-6-13-9-23-11(2)20-13/h4-5,8-10H,6-7H2,1-3H3,(H2,18,19,21). The molecule has 2 rings (SSSR count). The number of amides is 2. The first-order valence-corrected chi connectivity index (χ1v) is 8.16. The van der Waals surface area contributed by atoms with Gasteiger partial charge in [0.2, 0.25) is 0 Å². The van der Waals surface area contributed by atoms with Crippen LogP contribution in [0.5, 0.6) is 5.75 Å². The average molecular weight is 337 g/mol. The van der Waals surface area contributed by atoms with Gasteiger partial charge in [0.25, 0.3) is 0 Å². The Kier molecular flexibility index (Phi) is 5.92. The van der Waals surface area contributed by atoms with E-state index < -0.39 is 5.82 Å². The molecule has 0 bridgehead atoms. The largest absolute Gasteiger partial charge is 0.494 e. The van der Waals surface area contributed by atoms with Crippen molar-refractivity contribution in [2.45, 2.75) is 26.3 Å². The molecule has 1 aromatic carbocycles. The minimum Gasteiger partial charge on any atom is -0.494 e. The van der Waals surface area contributed by atoms with Crippen molar-refractivity contribution in [2.24, 2.45) is 0 Å². The second-order valence-electron chi connectivity index (χ2n) is 5.12. The van der Waals surface area contributed by atoms with Crippen LogP contribution in [0.1, 0.15) is 29.2 Å². The third-order valence-corrected chi connectivity index (χ3v) is 4.18. The van der Waals surface area contributed by atoms with Gasteiger partial charge in [-0.25, -0.2) is 14.2 Å². The van der Waals surface area contributed by atoms with Crippen LogP contribution in [0, 0.1) is 12.7 Å². The number of urea groups is 1. The Morgan fingerprint density at radius 1 is 1.48 bits per heavy atom. The van der Waals surface area contributed by atoms with Gasteiger partial charge in [0, 0.05) is 18.3 Å². The van der Waals surface area contributed by atoms with Crippen molar-refractivity contribution in [3.63, 3.8) is 0 Å². The van der Waals surface area contributed by atoms with Gasteiger partial charge in [-0.2, -0.15) is 0 Å². The van der Waals surface area contributed by atoms with Crippen molar-refractivity contribution >= 4 is 17.4 Å². The first-order chi connectivity index (χ1) is 11.0. The van der Waals surface area contributed by atoms with E-state index in [4.69, 9.17) is 4.74 Å². The van der Waals surface area contributed by atoms with Crippen molar-refractivity contribution < 1.29 is 13.9 Å². The lowest BCUT2D eigenvalue weighted by molar-refractivity contribution is 0.238. The number of hydrogen-bond acceptors (Lipinski definition) is 4. The number of nitrogens with zero attached hydrogens (tertiary/aromatic N) is 1. The summed E-state index contributed by atoms with van der Waals surface area (Å²) < 4.78 is 18.6. The fraction of sp³-hybridized carbons (Fsp3) is 0.375. The number of benzene rings is 1. The Bertz CT molecular complexity index is 675. The lowest BCUT2D eigenvalue weighted by atomic mass is 10.1. The summed E-state index contributed by atoms with van der Waals surface area (Å²) in [5.74, 6) is -0.262. The molecule has 2 N–H and O–H groups in total. The number of rotatable bonds is 6. The second kappa shape index (κ2) is 7.92. The lowest BCUT2D eigenvalue weighted by Crippen LogP contribution is -2.38. The quantitative estimate of drug-likeness (QED) is 0.851. The Morgan fingerprint density at radius 2 is 2.26 bits per heavy atom. The van der Waals surface area contributed by atoms with Gasteiger partial charge in [-0.15, -0.1) is 11.3 Å². The van der Waals surface area contributed by atoms with Crippen LogP contribution < -0.4 is 15.4 Å². The molecular formula is C16H20FN3O2S. The topological polar surface area (TPSA) is 63.2 Å². The Morgan fingerprint density at radius 3 is 2.87 bits per heavy atom. The van der Waals surface area contributed by atoms with Crippen molar-refractivity contribution in [3.8, 4) is 5.75 Å². The van der Waals surface area contributed by atoms with Gasteiger partial charge in [0.05, 0.1) is 23.9 Å². The summed E-state index contributed by atoms with van der Waals surface area (Å²) in [7, 11) is 1.41. The number of ether oxygens (including phenoxy) is 1. The summed E-state index contributed by atoms with van der Waals surface area (Å²) in [6.07, 6.45) is 0.684. The molecule has 1 aromatic heterocycles. The van der Waals surface area contributed by atoms with Crippen LogP contribution in [0.15, 0.2) is 23.6 Å². The lowest BCUT2D eigenvalue weighted by Gasteiger charge is -2.15. The highest BCUT2D eigenvalue weighted by molar-refractivity contribution is 7.09. The average Bonchev–Trinajstić information content (AvgIpc) is 2.92. The Hall–Kier alpha value is -2.15. The smallest absolute Gasteiger partial charge is 0.315 e. The van der Waals surface area contributed by atoms with Crippen LogP contribution in [-0.4, -0.2) is 24.7 Å². The molecule has 0 aliphatic heterocycles. The maximum absolute atomic E-state index is 13.7. The molecule has 0 saturated heterocycles. The van der Waals surface area contributed by atoms with E-state index in [2.05, 4.69) is 15.6 Å². The van der Waals surface area contributed by atoms with Crippen LogP contribution in [0.25, 0.3) is 0 Å². The molecule has 7 heteroatoms. The number of carbonyl (C=O) groups excluding carboxylic acids is 1. The molecule has 1 unspecified atom stereocenters. The molecule has 0 saturated carbocycles. The van der Waals surface area contributed by atoms with E-state index in [-0.39, 0.29) is 17.8 Å². The molecule has 124 valence electrons. The molecular weight excluding hydrogens is 317 g/mol. The van der Waals surface area contributed by atoms with E-state index in [9.17, 15) is 9.18 Å². The molecule has 1 heterocycles. The Labute approximate surface area is 138 Å². The van der Waals surface area contributed by atoms with E-state index in [0.29, 0.717) is 18.5 Å². The SMILES string of the molecule is COc1ccc(C(C)NC(=O)NCCc2csc(C)n2)cc1F. The first-order valence-electron chi connectivity index (χ1n) is 7.28. The number of hydrogen-bond donors (Lipinski definition) is 2. The second-order valence-corrected chi connectivity index (χ2v) is 6.19. The number of thiazole rings is 1. The van der Waals surface area contributed by atoms with E-state index in [1.165, 1.54) is 13.2 Å². The van der Waals surface area contributed by atoms with Gasteiger partial charge >= 0.3 is 6.03 Å². The van der Waals surface area contributed by atoms with E-state index in [0.717, 1.165) is 10.7 Å². The molecule has 23 heavy (non-hydrogen) atoms. The fourth-order valence-electron chi connectivity index (χ4n) is 2.11. The maximum Gasteiger partial charge on any atom is 0.315 e. The number of aromatic nitrogens is 1. The van der Waals surface area contributed by atoms with Crippen LogP contribution in [-0.2, 0) is 6.42 Å². The molecule has 0 radical (unpaired) electrons. The summed E-state index contributed by atoms with van der Waals surface area (Å²) in [4.78, 5) is 16.2. The third kappa shape index (κ3) is 4.92. The van der Waals surface area contributed by atoms with Crippen molar-refractivity contribution in [2.75, 3.05) is 13.7 Å². The maximum atomic E-state index is 13.7. The van der Waals surface area contributed by atoms with Crippen molar-refractivity contribution in [3.05, 3.63) is 45.7 Å². The van der Waals surface area contributed by atoms with E-state index in [1.54, 1.807) is 30.4 Å². The van der Waals surface area contributed by atoms with Gasteiger partial charge in [0.15, 0.2) is 11.6 Å². The normalized spacial score (nSPS) is 11.8. The highest BCUT2D eigenvalue weighted by Gasteiger charge is 2.12. The molecule has 0 aliphatic carbocycles. The van der Waals surface area contributed by atoms with Crippen LogP contribution in [0.2, 0.25) is 0 Å². The fourth-order valence-corrected chi connectivity index (χ4v) is 2.76. The van der Waals surface area contributed by atoms with Gasteiger partial charge in [-0.1, -0.05) is 6.07 Å². The number of nitrogens with one attached hydrogen (secondary N) is 2. The highest BCUT2D eigenvalue weighted by atomic mass is 32.1. The number of carbonyl (C=O) groups is 1. The number of aryl methyl sites for hydroxylation is 1. The first kappa shape index (κ1) is 17.2. The predicted octanol–water partition coefficient (Wildman–Crippen LogP) is 3.20. The molecule has 2 aromatic rings. The van der Waals surface area contributed by atoms with Gasteiger partial charge in [-0.05, 0) is 31.5 Å². The van der Waals surface area contributed by atoms with Gasteiger partial charge in [-0.3, -0.25) is 0 Å². The van der Waals surface area contributed by atoms with Gasteiger partial charge in [0.1, 0.15) is 0 Å². The summed E-state index contributed by atoms with van der Waals surface area (Å²) >= 11 is 1.59. The summed E-state index contributed by atoms with van der Waals surface area (Å²) in [6.45, 7) is 4.24. The molecule has 2 amide bonds.